The number of halogens is 3. The molecule has 1 aliphatic heterocycles. The van der Waals surface area contributed by atoms with Gasteiger partial charge >= 0.3 is 6.18 Å². The number of fused-ring (bicyclic) bond motifs is 1. The zero-order chi connectivity index (χ0) is 27.1. The lowest BCUT2D eigenvalue weighted by molar-refractivity contribution is -0.138. The third-order valence-corrected chi connectivity index (χ3v) is 7.62. The van der Waals surface area contributed by atoms with Gasteiger partial charge in [-0.1, -0.05) is 31.5 Å². The van der Waals surface area contributed by atoms with Crippen LogP contribution in [0, 0.1) is 18.3 Å². The number of hydrogen-bond acceptors (Lipinski definition) is 5. The highest BCUT2D eigenvalue weighted by Crippen LogP contribution is 2.39. The van der Waals surface area contributed by atoms with E-state index < -0.39 is 17.8 Å². The van der Waals surface area contributed by atoms with Crippen molar-refractivity contribution in [1.82, 2.24) is 19.2 Å². The summed E-state index contributed by atoms with van der Waals surface area (Å²) in [5.74, 6) is 0. The van der Waals surface area contributed by atoms with Gasteiger partial charge in [-0.15, -0.1) is 0 Å². The smallest absolute Gasteiger partial charge is 0.364 e. The van der Waals surface area contributed by atoms with Gasteiger partial charge in [0.1, 0.15) is 12.1 Å². The fraction of sp³-hybridized carbons (Fsp3) is 0.519. The van der Waals surface area contributed by atoms with Gasteiger partial charge in [0.2, 0.25) is 0 Å². The molecule has 37 heavy (non-hydrogen) atoms. The van der Waals surface area contributed by atoms with Crippen LogP contribution in [0.3, 0.4) is 0 Å². The molecule has 3 aromatic rings. The number of nitriles is 1. The van der Waals surface area contributed by atoms with E-state index >= 15 is 0 Å². The number of rotatable bonds is 6. The molecule has 0 radical (unpaired) electrons. The first-order chi connectivity index (χ1) is 17.5. The molecule has 0 bridgehead atoms. The van der Waals surface area contributed by atoms with Crippen LogP contribution in [-0.2, 0) is 19.8 Å². The molecule has 3 atom stereocenters. The Morgan fingerprint density at radius 2 is 1.86 bits per heavy atom. The van der Waals surface area contributed by atoms with Crippen LogP contribution in [-0.4, -0.2) is 44.4 Å². The van der Waals surface area contributed by atoms with Crippen LogP contribution in [0.2, 0.25) is 0 Å². The number of aryl methyl sites for hydroxylation is 2. The highest BCUT2D eigenvalue weighted by molar-refractivity contribution is 5.88. The van der Waals surface area contributed by atoms with Crippen LogP contribution >= 0.6 is 0 Å². The minimum atomic E-state index is -4.43. The van der Waals surface area contributed by atoms with E-state index in [-0.39, 0.29) is 24.2 Å². The van der Waals surface area contributed by atoms with Crippen LogP contribution in [0.15, 0.2) is 35.3 Å². The van der Waals surface area contributed by atoms with Crippen LogP contribution in [0.5, 0.6) is 0 Å². The Kier molecular flexibility index (Phi) is 7.38. The molecule has 0 amide bonds. The van der Waals surface area contributed by atoms with Gasteiger partial charge in [-0.25, -0.2) is 0 Å². The first kappa shape index (κ1) is 26.7. The van der Waals surface area contributed by atoms with Crippen molar-refractivity contribution in [2.45, 2.75) is 71.4 Å². The Labute approximate surface area is 214 Å². The summed E-state index contributed by atoms with van der Waals surface area (Å²) in [5.41, 5.74) is 2.32. The number of alkyl halides is 3. The minimum Gasteiger partial charge on any atom is -0.364 e. The van der Waals surface area contributed by atoms with Gasteiger partial charge in [0.05, 0.1) is 29.0 Å². The molecule has 1 aliphatic rings. The highest BCUT2D eigenvalue weighted by Gasteiger charge is 2.40. The van der Waals surface area contributed by atoms with Crippen molar-refractivity contribution in [3.63, 3.8) is 0 Å². The van der Waals surface area contributed by atoms with Crippen molar-refractivity contribution < 1.29 is 13.2 Å². The van der Waals surface area contributed by atoms with Gasteiger partial charge in [-0.3, -0.25) is 14.4 Å². The number of aromatic nitrogens is 3. The second kappa shape index (κ2) is 10.2. The van der Waals surface area contributed by atoms with Crippen LogP contribution in [0.25, 0.3) is 11.0 Å². The summed E-state index contributed by atoms with van der Waals surface area (Å²) in [5, 5.41) is 13.7. The van der Waals surface area contributed by atoms with Crippen molar-refractivity contribution in [3.05, 3.63) is 57.5 Å². The average molecular weight is 515 g/mol. The van der Waals surface area contributed by atoms with E-state index in [0.29, 0.717) is 35.4 Å². The summed E-state index contributed by atoms with van der Waals surface area (Å²) in [6.45, 7) is 8.93. The molecule has 10 heteroatoms. The second-order valence-corrected chi connectivity index (χ2v) is 9.88. The van der Waals surface area contributed by atoms with E-state index in [2.05, 4.69) is 21.0 Å². The maximum Gasteiger partial charge on any atom is 0.416 e. The molecule has 0 aliphatic carbocycles. The number of hydrogen-bond donors (Lipinski definition) is 0. The summed E-state index contributed by atoms with van der Waals surface area (Å²) in [7, 11) is 1.68. The molecule has 1 saturated heterocycles. The molecule has 3 heterocycles. The predicted octanol–water partition coefficient (Wildman–Crippen LogP) is 5.03. The molecular weight excluding hydrogens is 481 g/mol. The predicted molar refractivity (Wildman–Crippen MR) is 137 cm³/mol. The zero-order valence-electron chi connectivity index (χ0n) is 21.9. The molecule has 4 rings (SSSR count). The summed E-state index contributed by atoms with van der Waals surface area (Å²) < 4.78 is 44.8. The maximum absolute atomic E-state index is 13.9. The highest BCUT2D eigenvalue weighted by atomic mass is 19.4. The quantitative estimate of drug-likeness (QED) is 0.462. The minimum absolute atomic E-state index is 0.0270. The van der Waals surface area contributed by atoms with Crippen molar-refractivity contribution >= 4 is 16.7 Å². The monoisotopic (exact) mass is 514 g/mol. The van der Waals surface area contributed by atoms with Crippen LogP contribution in [0.4, 0.5) is 18.9 Å². The molecule has 0 N–H and O–H groups in total. The summed E-state index contributed by atoms with van der Waals surface area (Å²) in [4.78, 5) is 17.2. The molecule has 1 aromatic carbocycles. The lowest BCUT2D eigenvalue weighted by Gasteiger charge is -2.49. The summed E-state index contributed by atoms with van der Waals surface area (Å²) in [6, 6.07) is 7.52. The molecule has 198 valence electrons. The lowest BCUT2D eigenvalue weighted by Crippen LogP contribution is -2.59. The summed E-state index contributed by atoms with van der Waals surface area (Å²) in [6.07, 6.45) is -1.24. The number of benzene rings is 1. The zero-order valence-corrected chi connectivity index (χ0v) is 21.9. The van der Waals surface area contributed by atoms with Gasteiger partial charge in [-0.2, -0.15) is 23.5 Å². The van der Waals surface area contributed by atoms with Gasteiger partial charge in [0.25, 0.3) is 5.56 Å². The second-order valence-electron chi connectivity index (χ2n) is 9.88. The molecule has 0 saturated carbocycles. The average Bonchev–Trinajstić information content (AvgIpc) is 3.28. The third-order valence-electron chi connectivity index (χ3n) is 7.62. The van der Waals surface area contributed by atoms with E-state index in [9.17, 15) is 18.0 Å². The number of nitrogens with zero attached hydrogens (tertiary/aromatic N) is 6. The normalized spacial score (nSPS) is 19.8. The Balaban J connectivity index is 1.75. The molecule has 2 aromatic heterocycles. The van der Waals surface area contributed by atoms with Gasteiger partial charge < -0.3 is 9.47 Å². The topological polar surface area (TPSA) is 70.1 Å². The van der Waals surface area contributed by atoms with Gasteiger partial charge in [0.15, 0.2) is 0 Å². The standard InChI is InChI=1S/C27H33F3N6O/c1-6-19-15-36(23-13-25(37)33(5)24-16-34(11-10-31)32-26(23)24)20(7-2)14-35(19)18(4)21-12-17(3)8-9-22(21)27(28,29)30/h8-9,12-13,16,18-20H,6-7,11,14-15H2,1-5H3/t18?,19-,20+/m1/s1. The number of pyridine rings is 1. The van der Waals surface area contributed by atoms with Crippen molar-refractivity contribution in [1.29, 1.82) is 5.26 Å². The van der Waals surface area contributed by atoms with E-state index in [1.807, 2.05) is 27.7 Å². The Morgan fingerprint density at radius 3 is 2.49 bits per heavy atom. The van der Waals surface area contributed by atoms with Crippen LogP contribution < -0.4 is 10.5 Å². The van der Waals surface area contributed by atoms with Gasteiger partial charge in [0, 0.05) is 44.3 Å². The first-order valence-electron chi connectivity index (χ1n) is 12.6. The molecule has 7 nitrogen and oxygen atoms in total. The molecular formula is C27H33F3N6O. The summed E-state index contributed by atoms with van der Waals surface area (Å²) >= 11 is 0. The molecule has 0 spiro atoms. The van der Waals surface area contributed by atoms with E-state index in [1.54, 1.807) is 25.4 Å². The maximum atomic E-state index is 13.9. The van der Waals surface area contributed by atoms with Crippen molar-refractivity contribution in [3.8, 4) is 6.07 Å². The third kappa shape index (κ3) is 4.97. The molecule has 1 fully saturated rings. The fourth-order valence-electron chi connectivity index (χ4n) is 5.53. The largest absolute Gasteiger partial charge is 0.416 e. The SMILES string of the molecule is CC[C@H]1CN(C(C)c2cc(C)ccc2C(F)(F)F)[C@H](CC)CN1c1cc(=O)n(C)c2cn(CC#N)nc12. The first-order valence-corrected chi connectivity index (χ1v) is 12.6. The Bertz CT molecular complexity index is 1390. The fourth-order valence-corrected chi connectivity index (χ4v) is 5.53. The van der Waals surface area contributed by atoms with Crippen molar-refractivity contribution in [2.75, 3.05) is 18.0 Å². The van der Waals surface area contributed by atoms with Crippen LogP contribution in [0.1, 0.15) is 56.3 Å². The molecule has 1 unspecified atom stereocenters. The lowest BCUT2D eigenvalue weighted by atomic mass is 9.93. The van der Waals surface area contributed by atoms with E-state index in [4.69, 9.17) is 5.26 Å². The number of piperazine rings is 1. The van der Waals surface area contributed by atoms with E-state index in [0.717, 1.165) is 18.4 Å². The van der Waals surface area contributed by atoms with Gasteiger partial charge in [-0.05, 0) is 38.3 Å². The Hall–Kier alpha value is -3.32. The van der Waals surface area contributed by atoms with Crippen molar-refractivity contribution in [2.24, 2.45) is 7.05 Å². The Morgan fingerprint density at radius 1 is 1.16 bits per heavy atom. The number of anilines is 1. The van der Waals surface area contributed by atoms with E-state index in [1.165, 1.54) is 21.4 Å².